The Balaban J connectivity index is 1.65. The van der Waals surface area contributed by atoms with E-state index in [-0.39, 0.29) is 23.6 Å². The molecule has 1 atom stereocenters. The van der Waals surface area contributed by atoms with E-state index in [1.807, 2.05) is 60.7 Å². The molecule has 0 radical (unpaired) electrons. The summed E-state index contributed by atoms with van der Waals surface area (Å²) in [6, 6.07) is 22.3. The fraction of sp³-hybridized carbons (Fsp3) is 0.308. The number of furan rings is 1. The van der Waals surface area contributed by atoms with E-state index in [1.54, 1.807) is 17.0 Å². The maximum absolute atomic E-state index is 13.5. The van der Waals surface area contributed by atoms with Crippen LogP contribution in [0.25, 0.3) is 0 Å². The average Bonchev–Trinajstić information content (AvgIpc) is 3.52. The number of amides is 2. The lowest BCUT2D eigenvalue weighted by Crippen LogP contribution is -2.46. The second-order valence-electron chi connectivity index (χ2n) is 8.01. The maximum Gasteiger partial charge on any atom is 0.290 e. The van der Waals surface area contributed by atoms with Gasteiger partial charge in [0.1, 0.15) is 6.04 Å². The standard InChI is InChI=1S/C26H28N2O3/c29-25(27-22-14-7-8-15-22)24(21-12-5-2-6-13-21)28(26(30)23-16-9-19-31-23)18-17-20-10-3-1-4-11-20/h1-6,9-13,16,19,22,24H,7-8,14-15,17-18H2,(H,27,29)/t24-/m0/s1. The lowest BCUT2D eigenvalue weighted by molar-refractivity contribution is -0.126. The first kappa shape index (κ1) is 20.9. The van der Waals surface area contributed by atoms with Crippen LogP contribution in [0.15, 0.2) is 83.5 Å². The van der Waals surface area contributed by atoms with Crippen molar-refractivity contribution in [2.24, 2.45) is 0 Å². The summed E-state index contributed by atoms with van der Waals surface area (Å²) in [7, 11) is 0. The van der Waals surface area contributed by atoms with E-state index in [1.165, 1.54) is 6.26 Å². The van der Waals surface area contributed by atoms with Gasteiger partial charge in [-0.3, -0.25) is 9.59 Å². The molecular weight excluding hydrogens is 388 g/mol. The Hall–Kier alpha value is -3.34. The van der Waals surface area contributed by atoms with Crippen molar-refractivity contribution in [2.75, 3.05) is 6.54 Å². The van der Waals surface area contributed by atoms with Gasteiger partial charge in [-0.2, -0.15) is 0 Å². The van der Waals surface area contributed by atoms with Crippen LogP contribution in [-0.4, -0.2) is 29.3 Å². The Morgan fingerprint density at radius 2 is 1.61 bits per heavy atom. The molecule has 2 aromatic carbocycles. The van der Waals surface area contributed by atoms with Crippen LogP contribution >= 0.6 is 0 Å². The quantitative estimate of drug-likeness (QED) is 0.576. The van der Waals surface area contributed by atoms with Gasteiger partial charge >= 0.3 is 0 Å². The molecular formula is C26H28N2O3. The summed E-state index contributed by atoms with van der Waals surface area (Å²) < 4.78 is 5.40. The first-order chi connectivity index (χ1) is 15.2. The minimum Gasteiger partial charge on any atom is -0.459 e. The molecule has 0 saturated heterocycles. The molecule has 31 heavy (non-hydrogen) atoms. The van der Waals surface area contributed by atoms with Crippen molar-refractivity contribution in [3.63, 3.8) is 0 Å². The number of carbonyl (C=O) groups is 2. The number of carbonyl (C=O) groups excluding carboxylic acids is 2. The highest BCUT2D eigenvalue weighted by Crippen LogP contribution is 2.26. The van der Waals surface area contributed by atoms with Crippen molar-refractivity contribution in [1.82, 2.24) is 10.2 Å². The molecule has 3 aromatic rings. The molecule has 1 aromatic heterocycles. The summed E-state index contributed by atoms with van der Waals surface area (Å²) in [5.41, 5.74) is 1.91. The summed E-state index contributed by atoms with van der Waals surface area (Å²) >= 11 is 0. The molecule has 0 spiro atoms. The second kappa shape index (κ2) is 10.1. The van der Waals surface area contributed by atoms with Gasteiger partial charge in [0.15, 0.2) is 5.76 Å². The molecule has 1 heterocycles. The van der Waals surface area contributed by atoms with Crippen molar-refractivity contribution >= 4 is 11.8 Å². The highest BCUT2D eigenvalue weighted by molar-refractivity contribution is 5.96. The van der Waals surface area contributed by atoms with Gasteiger partial charge in [-0.25, -0.2) is 0 Å². The minimum absolute atomic E-state index is 0.133. The molecule has 0 unspecified atom stereocenters. The molecule has 1 saturated carbocycles. The van der Waals surface area contributed by atoms with Crippen molar-refractivity contribution < 1.29 is 14.0 Å². The minimum atomic E-state index is -0.719. The number of hydrogen-bond donors (Lipinski definition) is 1. The Labute approximate surface area is 183 Å². The number of hydrogen-bond acceptors (Lipinski definition) is 3. The second-order valence-corrected chi connectivity index (χ2v) is 8.01. The molecule has 5 nitrogen and oxygen atoms in total. The smallest absolute Gasteiger partial charge is 0.290 e. The largest absolute Gasteiger partial charge is 0.459 e. The van der Waals surface area contributed by atoms with E-state index in [4.69, 9.17) is 4.42 Å². The third-order valence-electron chi connectivity index (χ3n) is 5.85. The topological polar surface area (TPSA) is 62.6 Å². The summed E-state index contributed by atoms with van der Waals surface area (Å²) in [5, 5.41) is 3.19. The van der Waals surface area contributed by atoms with Gasteiger partial charge < -0.3 is 14.6 Å². The number of nitrogens with zero attached hydrogens (tertiary/aromatic N) is 1. The number of rotatable bonds is 8. The lowest BCUT2D eigenvalue weighted by Gasteiger charge is -2.32. The predicted octanol–water partition coefficient (Wildman–Crippen LogP) is 4.76. The van der Waals surface area contributed by atoms with Crippen molar-refractivity contribution in [1.29, 1.82) is 0 Å². The average molecular weight is 417 g/mol. The van der Waals surface area contributed by atoms with Gasteiger partial charge in [0.2, 0.25) is 5.91 Å². The van der Waals surface area contributed by atoms with Gasteiger partial charge in [0.05, 0.1) is 6.26 Å². The van der Waals surface area contributed by atoms with E-state index in [0.29, 0.717) is 13.0 Å². The molecule has 160 valence electrons. The van der Waals surface area contributed by atoms with Crippen molar-refractivity contribution in [3.8, 4) is 0 Å². The lowest BCUT2D eigenvalue weighted by atomic mass is 10.0. The van der Waals surface area contributed by atoms with Crippen LogP contribution in [0.1, 0.15) is 53.4 Å². The first-order valence-corrected chi connectivity index (χ1v) is 11.0. The number of benzene rings is 2. The first-order valence-electron chi connectivity index (χ1n) is 11.0. The van der Waals surface area contributed by atoms with E-state index in [0.717, 1.165) is 36.8 Å². The van der Waals surface area contributed by atoms with Crippen LogP contribution in [0.2, 0.25) is 0 Å². The Bertz CT molecular complexity index is 964. The van der Waals surface area contributed by atoms with Gasteiger partial charge in [0.25, 0.3) is 5.91 Å². The molecule has 1 aliphatic carbocycles. The van der Waals surface area contributed by atoms with Crippen LogP contribution < -0.4 is 5.32 Å². The summed E-state index contributed by atoms with van der Waals surface area (Å²) in [4.78, 5) is 28.6. The third kappa shape index (κ3) is 5.23. The van der Waals surface area contributed by atoms with Gasteiger partial charge in [-0.15, -0.1) is 0 Å². The zero-order valence-corrected chi connectivity index (χ0v) is 17.6. The van der Waals surface area contributed by atoms with Crippen LogP contribution in [0, 0.1) is 0 Å². The Kier molecular flexibility index (Phi) is 6.82. The molecule has 1 N–H and O–H groups in total. The SMILES string of the molecule is O=C(NC1CCCC1)[C@H](c1ccccc1)N(CCc1ccccc1)C(=O)c1ccco1. The zero-order valence-electron chi connectivity index (χ0n) is 17.6. The summed E-state index contributed by atoms with van der Waals surface area (Å²) in [6.07, 6.45) is 6.37. The maximum atomic E-state index is 13.5. The fourth-order valence-electron chi connectivity index (χ4n) is 4.24. The third-order valence-corrected chi connectivity index (χ3v) is 5.85. The van der Waals surface area contributed by atoms with Crippen molar-refractivity contribution in [2.45, 2.75) is 44.2 Å². The summed E-state index contributed by atoms with van der Waals surface area (Å²) in [6.45, 7) is 0.404. The molecule has 1 fully saturated rings. The van der Waals surface area contributed by atoms with Gasteiger partial charge in [-0.1, -0.05) is 73.5 Å². The summed E-state index contributed by atoms with van der Waals surface area (Å²) in [5.74, 6) is -0.176. The van der Waals surface area contributed by atoms with Gasteiger partial charge in [0, 0.05) is 12.6 Å². The predicted molar refractivity (Wildman–Crippen MR) is 119 cm³/mol. The molecule has 4 rings (SSSR count). The molecule has 1 aliphatic rings. The molecule has 2 amide bonds. The van der Waals surface area contributed by atoms with E-state index >= 15 is 0 Å². The van der Waals surface area contributed by atoms with Crippen LogP contribution in [-0.2, 0) is 11.2 Å². The van der Waals surface area contributed by atoms with Crippen LogP contribution in [0.4, 0.5) is 0 Å². The molecule has 5 heteroatoms. The normalized spacial score (nSPS) is 14.8. The van der Waals surface area contributed by atoms with Crippen LogP contribution in [0.3, 0.4) is 0 Å². The van der Waals surface area contributed by atoms with E-state index < -0.39 is 6.04 Å². The Morgan fingerprint density at radius 1 is 0.935 bits per heavy atom. The van der Waals surface area contributed by atoms with E-state index in [2.05, 4.69) is 5.32 Å². The highest BCUT2D eigenvalue weighted by atomic mass is 16.3. The highest BCUT2D eigenvalue weighted by Gasteiger charge is 2.34. The molecule has 0 aliphatic heterocycles. The Morgan fingerprint density at radius 3 is 2.26 bits per heavy atom. The van der Waals surface area contributed by atoms with Crippen molar-refractivity contribution in [3.05, 3.63) is 95.9 Å². The number of nitrogens with one attached hydrogen (secondary N) is 1. The fourth-order valence-corrected chi connectivity index (χ4v) is 4.24. The van der Waals surface area contributed by atoms with Crippen LogP contribution in [0.5, 0.6) is 0 Å². The zero-order chi connectivity index (χ0) is 21.5. The monoisotopic (exact) mass is 416 g/mol. The van der Waals surface area contributed by atoms with Gasteiger partial charge in [-0.05, 0) is 42.5 Å². The van der Waals surface area contributed by atoms with E-state index in [9.17, 15) is 9.59 Å². The molecule has 0 bridgehead atoms.